The molecule has 0 saturated carbocycles. The predicted octanol–water partition coefficient (Wildman–Crippen LogP) is 1.46. The SMILES string of the molecule is CC1NC(=O)C(CC2(O)c3ccccc3N3C(=O)C(C)(C)NC32)n2c1nc1ccccc1c2=O. The molecule has 9 heteroatoms. The van der Waals surface area contributed by atoms with Crippen molar-refractivity contribution in [3.8, 4) is 0 Å². The molecule has 2 amide bonds. The average Bonchev–Trinajstić information content (AvgIpc) is 3.19. The van der Waals surface area contributed by atoms with Gasteiger partial charge in [0.05, 0.1) is 28.2 Å². The number of rotatable bonds is 2. The fourth-order valence-electron chi connectivity index (χ4n) is 5.63. The number of para-hydroxylation sites is 2. The summed E-state index contributed by atoms with van der Waals surface area (Å²) in [5.41, 5.74) is -1.11. The van der Waals surface area contributed by atoms with Gasteiger partial charge < -0.3 is 10.4 Å². The van der Waals surface area contributed by atoms with Crippen LogP contribution in [0.5, 0.6) is 0 Å². The van der Waals surface area contributed by atoms with Gasteiger partial charge in [-0.3, -0.25) is 29.2 Å². The minimum atomic E-state index is -1.61. The summed E-state index contributed by atoms with van der Waals surface area (Å²) in [6.07, 6.45) is -0.875. The Labute approximate surface area is 195 Å². The van der Waals surface area contributed by atoms with Crippen molar-refractivity contribution >= 4 is 28.4 Å². The molecule has 3 aromatic rings. The monoisotopic (exact) mass is 459 g/mol. The smallest absolute Gasteiger partial charge is 0.262 e. The maximum absolute atomic E-state index is 13.6. The first kappa shape index (κ1) is 21.0. The lowest BCUT2D eigenvalue weighted by Crippen LogP contribution is -2.55. The zero-order valence-corrected chi connectivity index (χ0v) is 19.1. The van der Waals surface area contributed by atoms with E-state index in [2.05, 4.69) is 15.6 Å². The molecule has 6 rings (SSSR count). The zero-order valence-electron chi connectivity index (χ0n) is 19.1. The van der Waals surface area contributed by atoms with Crippen LogP contribution in [0.3, 0.4) is 0 Å². The van der Waals surface area contributed by atoms with Gasteiger partial charge in [0.2, 0.25) is 11.8 Å². The Bertz CT molecular complexity index is 1450. The number of carbonyl (C=O) groups excluding carboxylic acids is 2. The molecular weight excluding hydrogens is 434 g/mol. The van der Waals surface area contributed by atoms with E-state index < -0.39 is 29.4 Å². The van der Waals surface area contributed by atoms with Crippen LogP contribution in [0.2, 0.25) is 0 Å². The second kappa shape index (κ2) is 6.74. The fraction of sp³-hybridized carbons (Fsp3) is 0.360. The van der Waals surface area contributed by atoms with Crippen LogP contribution < -0.4 is 21.1 Å². The number of nitrogens with one attached hydrogen (secondary N) is 2. The third-order valence-electron chi connectivity index (χ3n) is 7.29. The van der Waals surface area contributed by atoms with Crippen LogP contribution in [0, 0.1) is 0 Å². The van der Waals surface area contributed by atoms with Gasteiger partial charge >= 0.3 is 0 Å². The number of nitrogens with zero attached hydrogens (tertiary/aromatic N) is 3. The number of carbonyl (C=O) groups is 2. The summed E-state index contributed by atoms with van der Waals surface area (Å²) >= 11 is 0. The predicted molar refractivity (Wildman–Crippen MR) is 125 cm³/mol. The molecule has 0 radical (unpaired) electrons. The standard InChI is InChI=1S/C25H25N5O4/c1-13-19-27-16-10-6-4-8-14(16)21(32)29(19)18(20(31)26-13)12-25(34)15-9-5-7-11-17(15)30-22(25)28-24(2,3)23(30)33/h4-11,13,18,22,28,34H,12H2,1-3H3,(H,26,31). The lowest BCUT2D eigenvalue weighted by atomic mass is 9.85. The second-order valence-electron chi connectivity index (χ2n) is 9.90. The summed E-state index contributed by atoms with van der Waals surface area (Å²) in [5.74, 6) is -0.0873. The number of amides is 2. The maximum Gasteiger partial charge on any atom is 0.262 e. The molecule has 1 aromatic heterocycles. The molecule has 0 spiro atoms. The number of hydrogen-bond donors (Lipinski definition) is 3. The van der Waals surface area contributed by atoms with Crippen LogP contribution in [0.1, 0.15) is 50.7 Å². The van der Waals surface area contributed by atoms with Crippen molar-refractivity contribution in [3.05, 3.63) is 70.3 Å². The summed E-state index contributed by atoms with van der Waals surface area (Å²) < 4.78 is 1.41. The van der Waals surface area contributed by atoms with Crippen LogP contribution in [0.15, 0.2) is 53.3 Å². The van der Waals surface area contributed by atoms with Gasteiger partial charge in [-0.05, 0) is 39.0 Å². The van der Waals surface area contributed by atoms with Crippen molar-refractivity contribution in [2.24, 2.45) is 0 Å². The summed E-state index contributed by atoms with van der Waals surface area (Å²) in [6, 6.07) is 12.7. The highest BCUT2D eigenvalue weighted by atomic mass is 16.3. The minimum absolute atomic E-state index is 0.104. The lowest BCUT2D eigenvalue weighted by Gasteiger charge is -2.37. The van der Waals surface area contributed by atoms with Crippen LogP contribution >= 0.6 is 0 Å². The Kier molecular flexibility index (Phi) is 4.16. The number of benzene rings is 2. The molecular formula is C25H25N5O4. The molecule has 3 aliphatic rings. The highest BCUT2D eigenvalue weighted by Gasteiger charge is 2.61. The van der Waals surface area contributed by atoms with Gasteiger partial charge in [-0.15, -0.1) is 0 Å². The molecule has 2 aromatic carbocycles. The topological polar surface area (TPSA) is 117 Å². The number of hydrogen-bond acceptors (Lipinski definition) is 6. The number of fused-ring (bicyclic) bond motifs is 5. The fourth-order valence-corrected chi connectivity index (χ4v) is 5.63. The molecule has 34 heavy (non-hydrogen) atoms. The van der Waals surface area contributed by atoms with Crippen molar-refractivity contribution in [1.82, 2.24) is 20.2 Å². The van der Waals surface area contributed by atoms with Crippen LogP contribution in [-0.4, -0.2) is 38.2 Å². The molecule has 9 nitrogen and oxygen atoms in total. The Balaban J connectivity index is 1.53. The van der Waals surface area contributed by atoms with E-state index in [9.17, 15) is 19.5 Å². The zero-order chi connectivity index (χ0) is 24.0. The molecule has 1 fully saturated rings. The van der Waals surface area contributed by atoms with E-state index in [1.165, 1.54) is 4.57 Å². The third-order valence-corrected chi connectivity index (χ3v) is 7.29. The third kappa shape index (κ3) is 2.62. The van der Waals surface area contributed by atoms with E-state index >= 15 is 0 Å². The van der Waals surface area contributed by atoms with Crippen molar-refractivity contribution in [2.75, 3.05) is 4.90 Å². The first-order valence-corrected chi connectivity index (χ1v) is 11.4. The second-order valence-corrected chi connectivity index (χ2v) is 9.90. The van der Waals surface area contributed by atoms with Gasteiger partial charge in [-0.2, -0.15) is 0 Å². The molecule has 4 unspecified atom stereocenters. The molecule has 3 aliphatic heterocycles. The van der Waals surface area contributed by atoms with E-state index in [-0.39, 0.29) is 23.8 Å². The van der Waals surface area contributed by atoms with Gasteiger partial charge in [0.25, 0.3) is 5.56 Å². The summed E-state index contributed by atoms with van der Waals surface area (Å²) in [6.45, 7) is 5.31. The van der Waals surface area contributed by atoms with Gasteiger partial charge in [0, 0.05) is 12.0 Å². The van der Waals surface area contributed by atoms with Crippen molar-refractivity contribution in [2.45, 2.75) is 56.6 Å². The Morgan fingerprint density at radius 2 is 1.76 bits per heavy atom. The highest BCUT2D eigenvalue weighted by molar-refractivity contribution is 6.05. The first-order valence-electron chi connectivity index (χ1n) is 11.4. The van der Waals surface area contributed by atoms with Gasteiger partial charge in [-0.25, -0.2) is 4.98 Å². The van der Waals surface area contributed by atoms with Crippen molar-refractivity contribution in [3.63, 3.8) is 0 Å². The van der Waals surface area contributed by atoms with E-state index in [0.29, 0.717) is 28.0 Å². The van der Waals surface area contributed by atoms with Gasteiger partial charge in [0.15, 0.2) is 0 Å². The molecule has 0 bridgehead atoms. The largest absolute Gasteiger partial charge is 0.381 e. The molecule has 174 valence electrons. The molecule has 4 heterocycles. The normalized spacial score (nSPS) is 29.1. The Hall–Kier alpha value is -3.56. The highest BCUT2D eigenvalue weighted by Crippen LogP contribution is 2.50. The van der Waals surface area contributed by atoms with Crippen molar-refractivity contribution < 1.29 is 14.7 Å². The Morgan fingerprint density at radius 1 is 1.06 bits per heavy atom. The molecule has 1 saturated heterocycles. The summed E-state index contributed by atoms with van der Waals surface area (Å²) in [4.78, 5) is 46.2. The average molecular weight is 460 g/mol. The lowest BCUT2D eigenvalue weighted by molar-refractivity contribution is -0.129. The van der Waals surface area contributed by atoms with Crippen LogP contribution in [0.25, 0.3) is 10.9 Å². The number of anilines is 1. The number of aliphatic hydroxyl groups is 1. The van der Waals surface area contributed by atoms with E-state index in [1.54, 1.807) is 62.1 Å². The molecule has 0 aliphatic carbocycles. The molecule has 3 N–H and O–H groups in total. The van der Waals surface area contributed by atoms with Crippen molar-refractivity contribution in [1.29, 1.82) is 0 Å². The summed E-state index contributed by atoms with van der Waals surface area (Å²) in [5, 5.41) is 18.7. The van der Waals surface area contributed by atoms with Crippen LogP contribution in [-0.2, 0) is 15.2 Å². The first-order chi connectivity index (χ1) is 16.1. The maximum atomic E-state index is 13.6. The molecule has 4 atom stereocenters. The Morgan fingerprint density at radius 3 is 2.56 bits per heavy atom. The van der Waals surface area contributed by atoms with E-state index in [1.807, 2.05) is 12.1 Å². The minimum Gasteiger partial charge on any atom is -0.381 e. The summed E-state index contributed by atoms with van der Waals surface area (Å²) in [7, 11) is 0. The van der Waals surface area contributed by atoms with E-state index in [0.717, 1.165) is 0 Å². The van der Waals surface area contributed by atoms with Crippen LogP contribution in [0.4, 0.5) is 5.69 Å². The van der Waals surface area contributed by atoms with Gasteiger partial charge in [0.1, 0.15) is 23.6 Å². The van der Waals surface area contributed by atoms with E-state index in [4.69, 9.17) is 0 Å². The quantitative estimate of drug-likeness (QED) is 0.534. The number of aromatic nitrogens is 2. The van der Waals surface area contributed by atoms with Gasteiger partial charge in [-0.1, -0.05) is 30.3 Å².